The fourth-order valence-corrected chi connectivity index (χ4v) is 4.18. The summed E-state index contributed by atoms with van der Waals surface area (Å²) in [5.74, 6) is -0.855. The van der Waals surface area contributed by atoms with Crippen LogP contribution in [0.5, 0.6) is 5.75 Å². The Morgan fingerprint density at radius 2 is 1.85 bits per heavy atom. The van der Waals surface area contributed by atoms with E-state index in [4.69, 9.17) is 9.84 Å². The lowest BCUT2D eigenvalue weighted by Crippen LogP contribution is -2.32. The Kier molecular flexibility index (Phi) is 8.24. The number of benzene rings is 2. The van der Waals surface area contributed by atoms with Crippen molar-refractivity contribution in [1.29, 1.82) is 0 Å². The summed E-state index contributed by atoms with van der Waals surface area (Å²) < 4.78 is 19.8. The zero-order valence-electron chi connectivity index (χ0n) is 18.8. The first-order chi connectivity index (χ1) is 15.8. The van der Waals surface area contributed by atoms with Crippen LogP contribution in [0, 0.1) is 19.7 Å². The normalized spacial score (nSPS) is 10.8. The number of unbranched alkanes of at least 4 members (excludes halogenated alkanes) is 1. The number of halogens is 1. The molecule has 1 heterocycles. The summed E-state index contributed by atoms with van der Waals surface area (Å²) >= 11 is 1.25. The van der Waals surface area contributed by atoms with E-state index in [0.29, 0.717) is 22.4 Å². The first-order valence-electron chi connectivity index (χ1n) is 10.6. The molecular weight excluding hydrogens is 445 g/mol. The van der Waals surface area contributed by atoms with Crippen molar-refractivity contribution in [3.05, 3.63) is 58.9 Å². The number of amides is 1. The second kappa shape index (κ2) is 11.1. The van der Waals surface area contributed by atoms with Crippen LogP contribution in [0.3, 0.4) is 0 Å². The Balaban J connectivity index is 1.89. The third kappa shape index (κ3) is 5.80. The molecule has 0 saturated heterocycles. The van der Waals surface area contributed by atoms with Crippen molar-refractivity contribution < 1.29 is 23.8 Å². The van der Waals surface area contributed by atoms with Crippen LogP contribution in [0.2, 0.25) is 0 Å². The number of ether oxygens (including phenoxy) is 1. The number of ketones is 1. The van der Waals surface area contributed by atoms with E-state index < -0.39 is 24.1 Å². The molecule has 0 bridgehead atoms. The van der Waals surface area contributed by atoms with Gasteiger partial charge >= 0.3 is 0 Å². The SMILES string of the molecule is CCCCN(C(=O)c1ccccc1F)c1nnc(-c2cc(C)c(OCC(=O)CO)c(C)c2)s1. The minimum absolute atomic E-state index is 0.00373. The average molecular weight is 472 g/mol. The van der Waals surface area contributed by atoms with Gasteiger partial charge in [0, 0.05) is 12.1 Å². The Hall–Kier alpha value is -3.17. The Labute approximate surface area is 195 Å². The van der Waals surface area contributed by atoms with Gasteiger partial charge in [-0.2, -0.15) is 0 Å². The van der Waals surface area contributed by atoms with E-state index in [2.05, 4.69) is 10.2 Å². The van der Waals surface area contributed by atoms with E-state index >= 15 is 0 Å². The summed E-state index contributed by atoms with van der Waals surface area (Å²) in [5, 5.41) is 18.4. The highest BCUT2D eigenvalue weighted by molar-refractivity contribution is 7.18. The van der Waals surface area contributed by atoms with Gasteiger partial charge in [-0.3, -0.25) is 14.5 Å². The molecule has 0 saturated carbocycles. The Morgan fingerprint density at radius 3 is 2.48 bits per heavy atom. The van der Waals surface area contributed by atoms with Crippen LogP contribution in [0.4, 0.5) is 9.52 Å². The fourth-order valence-electron chi connectivity index (χ4n) is 3.32. The number of anilines is 1. The van der Waals surface area contributed by atoms with Gasteiger partial charge < -0.3 is 9.84 Å². The number of carbonyl (C=O) groups is 2. The molecule has 0 radical (unpaired) electrons. The highest BCUT2D eigenvalue weighted by atomic mass is 32.1. The van der Waals surface area contributed by atoms with Crippen molar-refractivity contribution in [3.8, 4) is 16.3 Å². The first kappa shape index (κ1) is 24.5. The minimum Gasteiger partial charge on any atom is -0.485 e. The molecule has 0 aliphatic carbocycles. The van der Waals surface area contributed by atoms with Crippen molar-refractivity contribution in [1.82, 2.24) is 10.2 Å². The molecule has 3 rings (SSSR count). The number of aliphatic hydroxyl groups is 1. The third-order valence-corrected chi connectivity index (χ3v) is 5.99. The summed E-state index contributed by atoms with van der Waals surface area (Å²) in [6.07, 6.45) is 1.61. The van der Waals surface area contributed by atoms with E-state index in [1.807, 2.05) is 32.9 Å². The van der Waals surface area contributed by atoms with Crippen LogP contribution >= 0.6 is 11.3 Å². The number of rotatable bonds is 10. The number of hydrogen-bond acceptors (Lipinski definition) is 7. The standard InChI is InChI=1S/C24H26FN3O4S/c1-4-5-10-28(23(31)19-8-6-7-9-20(19)25)24-27-26-22(33-24)17-11-15(2)21(16(3)12-17)32-14-18(30)13-29/h6-9,11-12,29H,4-5,10,13-14H2,1-3H3. The summed E-state index contributed by atoms with van der Waals surface area (Å²) in [5.41, 5.74) is 2.40. The molecule has 33 heavy (non-hydrogen) atoms. The number of aliphatic hydroxyl groups excluding tert-OH is 1. The lowest BCUT2D eigenvalue weighted by Gasteiger charge is -2.19. The second-order valence-corrected chi connectivity index (χ2v) is 8.56. The number of Topliss-reactive ketones (excluding diaryl/α,β-unsaturated/α-hetero) is 1. The van der Waals surface area contributed by atoms with E-state index in [1.54, 1.807) is 12.1 Å². The van der Waals surface area contributed by atoms with Crippen LogP contribution < -0.4 is 9.64 Å². The quantitative estimate of drug-likeness (QED) is 0.473. The van der Waals surface area contributed by atoms with Crippen LogP contribution in [0.1, 0.15) is 41.3 Å². The third-order valence-electron chi connectivity index (χ3n) is 4.99. The average Bonchev–Trinajstić information content (AvgIpc) is 3.28. The molecule has 2 aromatic carbocycles. The highest BCUT2D eigenvalue weighted by Gasteiger charge is 2.24. The summed E-state index contributed by atoms with van der Waals surface area (Å²) in [6, 6.07) is 9.63. The van der Waals surface area contributed by atoms with Crippen molar-refractivity contribution in [3.63, 3.8) is 0 Å². The molecule has 0 spiro atoms. The van der Waals surface area contributed by atoms with Gasteiger partial charge in [0.15, 0.2) is 5.78 Å². The van der Waals surface area contributed by atoms with E-state index in [1.165, 1.54) is 28.4 Å². The monoisotopic (exact) mass is 471 g/mol. The Morgan fingerprint density at radius 1 is 1.15 bits per heavy atom. The second-order valence-electron chi connectivity index (χ2n) is 7.60. The molecule has 0 aliphatic heterocycles. The predicted octanol–water partition coefficient (Wildman–Crippen LogP) is 4.35. The molecule has 3 aromatic rings. The van der Waals surface area contributed by atoms with Crippen LogP contribution in [-0.2, 0) is 4.79 Å². The number of aryl methyl sites for hydroxylation is 2. The maximum Gasteiger partial charge on any atom is 0.263 e. The van der Waals surface area contributed by atoms with Gasteiger partial charge in [-0.15, -0.1) is 10.2 Å². The van der Waals surface area contributed by atoms with Gasteiger partial charge in [0.05, 0.1) is 5.56 Å². The van der Waals surface area contributed by atoms with Crippen LogP contribution in [-0.4, -0.2) is 46.8 Å². The van der Waals surface area contributed by atoms with E-state index in [-0.39, 0.29) is 12.2 Å². The maximum atomic E-state index is 14.2. The molecule has 0 atom stereocenters. The molecule has 0 unspecified atom stereocenters. The predicted molar refractivity (Wildman–Crippen MR) is 125 cm³/mol. The minimum atomic E-state index is -0.574. The largest absolute Gasteiger partial charge is 0.485 e. The number of hydrogen-bond donors (Lipinski definition) is 1. The van der Waals surface area contributed by atoms with E-state index in [9.17, 15) is 14.0 Å². The molecule has 7 nitrogen and oxygen atoms in total. The zero-order chi connectivity index (χ0) is 24.0. The molecule has 0 fully saturated rings. The van der Waals surface area contributed by atoms with Gasteiger partial charge in [0.2, 0.25) is 5.13 Å². The summed E-state index contributed by atoms with van der Waals surface area (Å²) in [6.45, 7) is 5.36. The van der Waals surface area contributed by atoms with E-state index in [0.717, 1.165) is 29.5 Å². The zero-order valence-corrected chi connectivity index (χ0v) is 19.6. The number of nitrogens with zero attached hydrogens (tertiary/aromatic N) is 3. The lowest BCUT2D eigenvalue weighted by atomic mass is 10.1. The first-order valence-corrected chi connectivity index (χ1v) is 11.4. The molecular formula is C24H26FN3O4S. The summed E-state index contributed by atoms with van der Waals surface area (Å²) in [7, 11) is 0. The van der Waals surface area contributed by atoms with Crippen molar-refractivity contribution in [2.24, 2.45) is 0 Å². The highest BCUT2D eigenvalue weighted by Crippen LogP contribution is 2.34. The van der Waals surface area contributed by atoms with Gasteiger partial charge in [0.25, 0.3) is 5.91 Å². The molecule has 174 valence electrons. The van der Waals surface area contributed by atoms with Crippen molar-refractivity contribution in [2.45, 2.75) is 33.6 Å². The molecule has 1 aromatic heterocycles. The number of aromatic nitrogens is 2. The number of carbonyl (C=O) groups excluding carboxylic acids is 2. The van der Waals surface area contributed by atoms with Crippen LogP contribution in [0.25, 0.3) is 10.6 Å². The van der Waals surface area contributed by atoms with Crippen molar-refractivity contribution in [2.75, 3.05) is 24.7 Å². The van der Waals surface area contributed by atoms with Crippen molar-refractivity contribution >= 4 is 28.2 Å². The lowest BCUT2D eigenvalue weighted by molar-refractivity contribution is -0.123. The smallest absolute Gasteiger partial charge is 0.263 e. The topological polar surface area (TPSA) is 92.6 Å². The molecule has 1 N–H and O–H groups in total. The fraction of sp³-hybridized carbons (Fsp3) is 0.333. The molecule has 0 aliphatic rings. The van der Waals surface area contributed by atoms with Gasteiger partial charge in [0.1, 0.15) is 29.8 Å². The van der Waals surface area contributed by atoms with Gasteiger partial charge in [-0.05, 0) is 55.7 Å². The molecule has 9 heteroatoms. The van der Waals surface area contributed by atoms with Gasteiger partial charge in [-0.25, -0.2) is 4.39 Å². The molecule has 1 amide bonds. The maximum absolute atomic E-state index is 14.2. The summed E-state index contributed by atoms with van der Waals surface area (Å²) in [4.78, 5) is 25.9. The van der Waals surface area contributed by atoms with Gasteiger partial charge in [-0.1, -0.05) is 36.8 Å². The Bertz CT molecular complexity index is 1130. The van der Waals surface area contributed by atoms with Crippen LogP contribution in [0.15, 0.2) is 36.4 Å².